The fourth-order valence-electron chi connectivity index (χ4n) is 3.60. The number of nitrogens with zero attached hydrogens (tertiary/aromatic N) is 2. The van der Waals surface area contributed by atoms with Crippen LogP contribution < -0.4 is 5.32 Å². The van der Waals surface area contributed by atoms with Crippen molar-refractivity contribution in [3.8, 4) is 0 Å². The number of aromatic nitrogens is 1. The Morgan fingerprint density at radius 2 is 2.09 bits per heavy atom. The lowest BCUT2D eigenvalue weighted by atomic mass is 9.90. The molecule has 3 heterocycles. The van der Waals surface area contributed by atoms with Crippen molar-refractivity contribution in [2.24, 2.45) is 0 Å². The third kappa shape index (κ3) is 3.22. The molecule has 2 aromatic rings. The lowest BCUT2D eigenvalue weighted by Crippen LogP contribution is -2.55. The van der Waals surface area contributed by atoms with E-state index in [0.717, 1.165) is 68.8 Å². The Hall–Kier alpha value is -1.56. The van der Waals surface area contributed by atoms with Gasteiger partial charge in [0.25, 0.3) is 0 Å². The summed E-state index contributed by atoms with van der Waals surface area (Å²) in [5.41, 5.74) is 1.95. The molecule has 2 aliphatic heterocycles. The number of rotatable bonds is 2. The summed E-state index contributed by atoms with van der Waals surface area (Å²) >= 11 is 0. The zero-order valence-corrected chi connectivity index (χ0v) is 13.2. The maximum absolute atomic E-state index is 13.2. The maximum atomic E-state index is 13.2. The molecule has 0 unspecified atom stereocenters. The Kier molecular flexibility index (Phi) is 4.01. The van der Waals surface area contributed by atoms with Crippen molar-refractivity contribution in [3.63, 3.8) is 0 Å². The average Bonchev–Trinajstić information content (AvgIpc) is 2.58. The standard InChI is InChI=1S/C18H22FN3O/c19-15-2-4-17-14(11-15)1-3-16(21-17)12-22-8-5-18(6-9-22)13-20-7-10-23-18/h1-4,11,20H,5-10,12-13H2. The van der Waals surface area contributed by atoms with Crippen LogP contribution in [0, 0.1) is 5.82 Å². The number of morpholine rings is 1. The molecule has 2 aliphatic rings. The van der Waals surface area contributed by atoms with Crippen molar-refractivity contribution < 1.29 is 9.13 Å². The highest BCUT2D eigenvalue weighted by Crippen LogP contribution is 2.28. The lowest BCUT2D eigenvalue weighted by Gasteiger charge is -2.44. The highest BCUT2D eigenvalue weighted by atomic mass is 19.1. The van der Waals surface area contributed by atoms with Gasteiger partial charge in [-0.3, -0.25) is 9.88 Å². The van der Waals surface area contributed by atoms with Gasteiger partial charge in [-0.1, -0.05) is 6.07 Å². The summed E-state index contributed by atoms with van der Waals surface area (Å²) in [4.78, 5) is 7.09. The molecule has 4 nitrogen and oxygen atoms in total. The van der Waals surface area contributed by atoms with Crippen LogP contribution in [0.5, 0.6) is 0 Å². The molecule has 2 fully saturated rings. The number of pyridine rings is 1. The molecule has 1 spiro atoms. The lowest BCUT2D eigenvalue weighted by molar-refractivity contribution is -0.101. The van der Waals surface area contributed by atoms with E-state index >= 15 is 0 Å². The minimum atomic E-state index is -0.213. The second kappa shape index (κ2) is 6.15. The summed E-state index contributed by atoms with van der Waals surface area (Å²) in [7, 11) is 0. The van der Waals surface area contributed by atoms with Crippen LogP contribution in [0.1, 0.15) is 18.5 Å². The van der Waals surface area contributed by atoms with Crippen LogP contribution in [-0.4, -0.2) is 48.3 Å². The average molecular weight is 315 g/mol. The number of ether oxygens (including phenoxy) is 1. The first-order valence-corrected chi connectivity index (χ1v) is 8.35. The molecule has 1 N–H and O–H groups in total. The predicted octanol–water partition coefficient (Wildman–Crippen LogP) is 2.33. The van der Waals surface area contributed by atoms with Gasteiger partial charge in [0.1, 0.15) is 5.82 Å². The van der Waals surface area contributed by atoms with Crippen LogP contribution in [0.2, 0.25) is 0 Å². The summed E-state index contributed by atoms with van der Waals surface area (Å²) in [5.74, 6) is -0.213. The Balaban J connectivity index is 1.42. The monoisotopic (exact) mass is 315 g/mol. The van der Waals surface area contributed by atoms with Gasteiger partial charge in [-0.15, -0.1) is 0 Å². The van der Waals surface area contributed by atoms with Crippen molar-refractivity contribution in [3.05, 3.63) is 41.8 Å². The highest BCUT2D eigenvalue weighted by molar-refractivity contribution is 5.78. The maximum Gasteiger partial charge on any atom is 0.123 e. The molecule has 1 aromatic heterocycles. The minimum absolute atomic E-state index is 0.0447. The molecule has 0 atom stereocenters. The van der Waals surface area contributed by atoms with E-state index in [1.807, 2.05) is 12.1 Å². The second-order valence-electron chi connectivity index (χ2n) is 6.62. The quantitative estimate of drug-likeness (QED) is 0.923. The topological polar surface area (TPSA) is 37.4 Å². The number of likely N-dealkylation sites (tertiary alicyclic amines) is 1. The van der Waals surface area contributed by atoms with Crippen LogP contribution >= 0.6 is 0 Å². The Labute approximate surface area is 135 Å². The number of piperidine rings is 1. The zero-order chi connectivity index (χ0) is 15.7. The van der Waals surface area contributed by atoms with E-state index in [4.69, 9.17) is 4.74 Å². The number of halogens is 1. The number of hydrogen-bond acceptors (Lipinski definition) is 4. The molecular weight excluding hydrogens is 293 g/mol. The van der Waals surface area contributed by atoms with Crippen LogP contribution in [0.15, 0.2) is 30.3 Å². The molecule has 2 saturated heterocycles. The van der Waals surface area contributed by atoms with Gasteiger partial charge in [-0.05, 0) is 37.1 Å². The molecule has 122 valence electrons. The molecule has 0 bridgehead atoms. The smallest absolute Gasteiger partial charge is 0.123 e. The third-order valence-corrected chi connectivity index (χ3v) is 5.00. The summed E-state index contributed by atoms with van der Waals surface area (Å²) in [6, 6.07) is 8.72. The van der Waals surface area contributed by atoms with Gasteiger partial charge in [0.2, 0.25) is 0 Å². The fourth-order valence-corrected chi connectivity index (χ4v) is 3.60. The van der Waals surface area contributed by atoms with E-state index in [2.05, 4.69) is 15.2 Å². The molecule has 0 amide bonds. The van der Waals surface area contributed by atoms with Gasteiger partial charge in [-0.2, -0.15) is 0 Å². The van der Waals surface area contributed by atoms with E-state index in [-0.39, 0.29) is 11.4 Å². The van der Waals surface area contributed by atoms with Crippen molar-refractivity contribution in [2.45, 2.75) is 25.0 Å². The predicted molar refractivity (Wildman–Crippen MR) is 87.8 cm³/mol. The van der Waals surface area contributed by atoms with Gasteiger partial charge in [0.15, 0.2) is 0 Å². The summed E-state index contributed by atoms with van der Waals surface area (Å²) < 4.78 is 19.3. The molecule has 23 heavy (non-hydrogen) atoms. The normalized spacial score (nSPS) is 21.8. The van der Waals surface area contributed by atoms with Gasteiger partial charge < -0.3 is 10.1 Å². The SMILES string of the molecule is Fc1ccc2nc(CN3CCC4(CC3)CNCCO4)ccc2c1. The molecular formula is C18H22FN3O. The van der Waals surface area contributed by atoms with Gasteiger partial charge in [0.05, 0.1) is 23.4 Å². The van der Waals surface area contributed by atoms with Gasteiger partial charge >= 0.3 is 0 Å². The molecule has 0 aliphatic carbocycles. The van der Waals surface area contributed by atoms with Gasteiger partial charge in [0, 0.05) is 38.1 Å². The third-order valence-electron chi connectivity index (χ3n) is 5.00. The van der Waals surface area contributed by atoms with Crippen LogP contribution in [-0.2, 0) is 11.3 Å². The molecule has 1 aromatic carbocycles. The minimum Gasteiger partial charge on any atom is -0.372 e. The summed E-state index contributed by atoms with van der Waals surface area (Å²) in [5, 5.41) is 4.30. The first-order valence-electron chi connectivity index (χ1n) is 8.35. The first kappa shape index (κ1) is 15.0. The van der Waals surface area contributed by atoms with E-state index < -0.39 is 0 Å². The van der Waals surface area contributed by atoms with Crippen LogP contribution in [0.25, 0.3) is 10.9 Å². The second-order valence-corrected chi connectivity index (χ2v) is 6.62. The first-order chi connectivity index (χ1) is 11.2. The largest absolute Gasteiger partial charge is 0.372 e. The molecule has 0 saturated carbocycles. The Morgan fingerprint density at radius 1 is 1.22 bits per heavy atom. The number of benzene rings is 1. The van der Waals surface area contributed by atoms with E-state index in [9.17, 15) is 4.39 Å². The van der Waals surface area contributed by atoms with Crippen LogP contribution in [0.3, 0.4) is 0 Å². The fraction of sp³-hybridized carbons (Fsp3) is 0.500. The van der Waals surface area contributed by atoms with E-state index in [1.165, 1.54) is 12.1 Å². The molecule has 0 radical (unpaired) electrons. The van der Waals surface area contributed by atoms with E-state index in [1.54, 1.807) is 6.07 Å². The van der Waals surface area contributed by atoms with Crippen LogP contribution in [0.4, 0.5) is 4.39 Å². The Bertz CT molecular complexity index is 690. The van der Waals surface area contributed by atoms with Crippen molar-refractivity contribution >= 4 is 10.9 Å². The molecule has 5 heteroatoms. The zero-order valence-electron chi connectivity index (χ0n) is 13.2. The number of nitrogens with one attached hydrogen (secondary N) is 1. The van der Waals surface area contributed by atoms with Crippen molar-refractivity contribution in [1.82, 2.24) is 15.2 Å². The van der Waals surface area contributed by atoms with Gasteiger partial charge in [-0.25, -0.2) is 4.39 Å². The van der Waals surface area contributed by atoms with Crippen molar-refractivity contribution in [2.75, 3.05) is 32.8 Å². The summed E-state index contributed by atoms with van der Waals surface area (Å²) in [6.45, 7) is 5.67. The number of hydrogen-bond donors (Lipinski definition) is 1. The molecule has 4 rings (SSSR count). The highest BCUT2D eigenvalue weighted by Gasteiger charge is 2.36. The summed E-state index contributed by atoms with van der Waals surface area (Å²) in [6.07, 6.45) is 2.14. The van der Waals surface area contributed by atoms with E-state index in [0.29, 0.717) is 0 Å². The van der Waals surface area contributed by atoms with Crippen molar-refractivity contribution in [1.29, 1.82) is 0 Å². The number of fused-ring (bicyclic) bond motifs is 1. The Morgan fingerprint density at radius 3 is 2.87 bits per heavy atom.